The van der Waals surface area contributed by atoms with Crippen molar-refractivity contribution in [2.24, 2.45) is 0 Å². The van der Waals surface area contributed by atoms with Gasteiger partial charge in [0.05, 0.1) is 0 Å². The van der Waals surface area contributed by atoms with Gasteiger partial charge in [-0.3, -0.25) is 0 Å². The second-order valence-corrected chi connectivity index (χ2v) is 0. The minimum atomic E-state index is 0. The second-order valence-electron chi connectivity index (χ2n) is 0. The molecule has 8 radical (unpaired) electrons. The first kappa shape index (κ1) is 15.7. The standard InChI is InChI=1S/Pb.Se.Sn.Te. The summed E-state index contributed by atoms with van der Waals surface area (Å²) in [6, 6.07) is 0. The molecule has 0 spiro atoms. The summed E-state index contributed by atoms with van der Waals surface area (Å²) in [6.07, 6.45) is 0. The number of hydrogen-bond acceptors (Lipinski definition) is 0. The van der Waals surface area contributed by atoms with Gasteiger partial charge < -0.3 is 0 Å². The molecule has 0 unspecified atom stereocenters. The Morgan fingerprint density at radius 3 is 1.25 bits per heavy atom. The molecule has 20 valence electrons. The topological polar surface area (TPSA) is 0 Å². The maximum atomic E-state index is 2.04. The predicted octanol–water partition coefficient (Wildman–Crippen LogP) is -1.52. The summed E-state index contributed by atoms with van der Waals surface area (Å²) in [5.74, 6) is 0. The van der Waals surface area contributed by atoms with Crippen LogP contribution in [0.4, 0.5) is 0 Å². The van der Waals surface area contributed by atoms with Gasteiger partial charge in [-0.25, -0.2) is 0 Å². The molecule has 0 heterocycles. The zero-order chi connectivity index (χ0) is 2.00. The zero-order valence-electron chi connectivity index (χ0n) is 1.82. The summed E-state index contributed by atoms with van der Waals surface area (Å²) in [4.78, 5) is 0. The normalized spacial score (nSPS) is 1.00. The summed E-state index contributed by atoms with van der Waals surface area (Å²) in [5, 5.41) is 0. The van der Waals surface area contributed by atoms with E-state index < -0.39 is 0 Å². The monoisotopic (exact) mass is 538 g/mol. The van der Waals surface area contributed by atoms with E-state index in [2.05, 4.69) is 0 Å². The van der Waals surface area contributed by atoms with Gasteiger partial charge in [-0.1, -0.05) is 0 Å². The quantitative estimate of drug-likeness (QED) is 0.333. The SMILES string of the molecule is [Pb].[Se].[Sn]=[Te]. The van der Waals surface area contributed by atoms with Gasteiger partial charge in [0.25, 0.3) is 0 Å². The fraction of sp³-hybridized carbons (Fsp3) is 0. The Labute approximate surface area is 78.3 Å². The van der Waals surface area contributed by atoms with E-state index in [1.165, 1.54) is 0 Å². The van der Waals surface area contributed by atoms with Crippen LogP contribution in [0.3, 0.4) is 0 Å². The minimum absolute atomic E-state index is 0. The molecule has 4 heteroatoms. The Kier molecular flexibility index (Phi) is 65.4. The van der Waals surface area contributed by atoms with Gasteiger partial charge in [-0.15, -0.1) is 0 Å². The van der Waals surface area contributed by atoms with Crippen molar-refractivity contribution in [2.75, 3.05) is 0 Å². The van der Waals surface area contributed by atoms with E-state index in [1.54, 1.807) is 18.0 Å². The molecule has 0 aromatic rings. The maximum absolute atomic E-state index is 2.04. The Hall–Kier alpha value is 3.03. The van der Waals surface area contributed by atoms with Crippen molar-refractivity contribution in [3.05, 3.63) is 0 Å². The summed E-state index contributed by atoms with van der Waals surface area (Å²) in [7, 11) is 0. The first-order chi connectivity index (χ1) is 1.00. The Balaban J connectivity index is -0.00000000500. The van der Waals surface area contributed by atoms with Crippen molar-refractivity contribution in [2.45, 2.75) is 0 Å². The van der Waals surface area contributed by atoms with Crippen LogP contribution in [-0.4, -0.2) is 80.1 Å². The molecular weight excluding hydrogens is 532 g/mol. The molecule has 0 aliphatic heterocycles. The van der Waals surface area contributed by atoms with Crippen LogP contribution < -0.4 is 0 Å². The van der Waals surface area contributed by atoms with E-state index in [0.29, 0.717) is 0 Å². The molecule has 4 heavy (non-hydrogen) atoms. The molecule has 0 aliphatic rings. The Morgan fingerprint density at radius 2 is 1.25 bits per heavy atom. The third-order valence-corrected chi connectivity index (χ3v) is 0. The molecule has 0 nitrogen and oxygen atoms in total. The first-order valence-corrected chi connectivity index (χ1v) is 9.19. The third kappa shape index (κ3) is 8.90. The first-order valence-electron chi connectivity index (χ1n) is 0.204. The van der Waals surface area contributed by atoms with E-state index in [1.807, 2.05) is 17.7 Å². The second kappa shape index (κ2) is 16.6. The van der Waals surface area contributed by atoms with Crippen LogP contribution in [0.5, 0.6) is 0 Å². The summed E-state index contributed by atoms with van der Waals surface area (Å²) in [6.45, 7) is 0. The van der Waals surface area contributed by atoms with Crippen molar-refractivity contribution < 1.29 is 0 Å². The molecule has 0 bridgehead atoms. The van der Waals surface area contributed by atoms with Crippen LogP contribution in [0.25, 0.3) is 0 Å². The van der Waals surface area contributed by atoms with Crippen molar-refractivity contribution in [3.8, 4) is 0 Å². The van der Waals surface area contributed by atoms with E-state index >= 15 is 0 Å². The molecule has 0 saturated heterocycles. The zero-order valence-corrected chi connectivity index (χ0v) is 12.6. The molecule has 0 aliphatic carbocycles. The van der Waals surface area contributed by atoms with E-state index in [9.17, 15) is 0 Å². The molecule has 0 N–H and O–H groups in total. The number of hydrogen-bond donors (Lipinski definition) is 0. The Bertz CT molecular complexity index is 8.00. The predicted molar refractivity (Wildman–Crippen MR) is 23.0 cm³/mol. The van der Waals surface area contributed by atoms with Gasteiger partial charge in [0.1, 0.15) is 0 Å². The Morgan fingerprint density at radius 1 is 1.25 bits per heavy atom. The van der Waals surface area contributed by atoms with Crippen molar-refractivity contribution in [1.82, 2.24) is 0 Å². The van der Waals surface area contributed by atoms with E-state index in [0.717, 1.165) is 0 Å². The van der Waals surface area contributed by atoms with Gasteiger partial charge in [0.15, 0.2) is 0 Å². The molecular formula is PbSeSnTe. The van der Waals surface area contributed by atoms with Gasteiger partial charge >= 0.3 is 35.7 Å². The van der Waals surface area contributed by atoms with Gasteiger partial charge in [-0.05, 0) is 0 Å². The van der Waals surface area contributed by atoms with Crippen LogP contribution in [-0.2, 0) is 0 Å². The van der Waals surface area contributed by atoms with Crippen molar-refractivity contribution in [1.29, 1.82) is 0 Å². The van der Waals surface area contributed by atoms with Crippen LogP contribution in [0.1, 0.15) is 0 Å². The summed E-state index contributed by atoms with van der Waals surface area (Å²) >= 11 is 3.60. The van der Waals surface area contributed by atoms with Gasteiger partial charge in [-0.2, -0.15) is 0 Å². The van der Waals surface area contributed by atoms with Crippen molar-refractivity contribution in [3.63, 3.8) is 0 Å². The molecule has 0 saturated carbocycles. The van der Waals surface area contributed by atoms with Gasteiger partial charge in [0.2, 0.25) is 0 Å². The molecule has 0 fully saturated rings. The molecule has 0 atom stereocenters. The van der Waals surface area contributed by atoms with E-state index in [-0.39, 0.29) is 44.4 Å². The summed E-state index contributed by atoms with van der Waals surface area (Å²) in [5.41, 5.74) is 0. The van der Waals surface area contributed by atoms with Crippen molar-refractivity contribution >= 4 is 80.1 Å². The summed E-state index contributed by atoms with van der Waals surface area (Å²) < 4.78 is 0. The molecule has 0 rings (SSSR count). The van der Waals surface area contributed by atoms with E-state index in [4.69, 9.17) is 0 Å². The van der Waals surface area contributed by atoms with Crippen LogP contribution in [0.2, 0.25) is 0 Å². The molecule has 0 aromatic heterocycles. The van der Waals surface area contributed by atoms with Crippen LogP contribution >= 0.6 is 0 Å². The molecule has 0 aromatic carbocycles. The fourth-order valence-corrected chi connectivity index (χ4v) is 0. The van der Waals surface area contributed by atoms with Crippen LogP contribution in [0.15, 0.2) is 0 Å². The average Bonchev–Trinajstić information content (AvgIpc) is 1.00. The fourth-order valence-electron chi connectivity index (χ4n) is 0. The molecule has 0 amide bonds. The third-order valence-electron chi connectivity index (χ3n) is 0. The van der Waals surface area contributed by atoms with Gasteiger partial charge in [0, 0.05) is 44.4 Å². The average molecular weight is 532 g/mol. The van der Waals surface area contributed by atoms with Crippen LogP contribution in [0, 0.1) is 0 Å². The number of rotatable bonds is 0.